The second-order valence-electron chi connectivity index (χ2n) is 5.18. The Morgan fingerprint density at radius 1 is 1.37 bits per heavy atom. The van der Waals surface area contributed by atoms with E-state index in [0.717, 1.165) is 12.8 Å². The first kappa shape index (κ1) is 14.0. The molecule has 1 aromatic rings. The summed E-state index contributed by atoms with van der Waals surface area (Å²) in [6, 6.07) is 10.0. The summed E-state index contributed by atoms with van der Waals surface area (Å²) in [7, 11) is 1.34. The van der Waals surface area contributed by atoms with Crippen molar-refractivity contribution in [3.63, 3.8) is 0 Å². The molecule has 1 saturated carbocycles. The quantitative estimate of drug-likeness (QED) is 0.789. The van der Waals surface area contributed by atoms with E-state index in [1.165, 1.54) is 12.7 Å². The normalized spacial score (nSPS) is 25.2. The second kappa shape index (κ2) is 6.17. The lowest BCUT2D eigenvalue weighted by atomic mass is 9.75. The monoisotopic (exact) mass is 263 g/mol. The van der Waals surface area contributed by atoms with E-state index >= 15 is 0 Å². The highest BCUT2D eigenvalue weighted by Crippen LogP contribution is 2.36. The maximum absolute atomic E-state index is 11.5. The van der Waals surface area contributed by atoms with Gasteiger partial charge in [-0.15, -0.1) is 0 Å². The maximum atomic E-state index is 11.5. The molecule has 0 saturated heterocycles. The first-order chi connectivity index (χ1) is 9.11. The standard InChI is InChI=1S/C15H21NO3/c1-10(17)14(15(18)19-2)16-13-8-12(9-13)11-6-4-3-5-7-11/h3-7,10,12-14,16-17H,8-9H2,1-2H3/t10-,12?,13?,14-/m1/s1. The third kappa shape index (κ3) is 3.33. The summed E-state index contributed by atoms with van der Waals surface area (Å²) in [5, 5.41) is 12.8. The Morgan fingerprint density at radius 2 is 2.00 bits per heavy atom. The summed E-state index contributed by atoms with van der Waals surface area (Å²) < 4.78 is 4.69. The van der Waals surface area contributed by atoms with Gasteiger partial charge in [0.1, 0.15) is 6.04 Å². The highest BCUT2D eigenvalue weighted by atomic mass is 16.5. The van der Waals surface area contributed by atoms with Crippen molar-refractivity contribution in [2.24, 2.45) is 0 Å². The van der Waals surface area contributed by atoms with Crippen LogP contribution in [-0.2, 0) is 9.53 Å². The molecule has 1 aliphatic rings. The summed E-state index contributed by atoms with van der Waals surface area (Å²) in [5.74, 6) is 0.143. The Balaban J connectivity index is 1.85. The van der Waals surface area contributed by atoms with E-state index in [1.54, 1.807) is 6.92 Å². The van der Waals surface area contributed by atoms with Crippen LogP contribution in [0.4, 0.5) is 0 Å². The molecular weight excluding hydrogens is 242 g/mol. The number of benzene rings is 1. The number of aliphatic hydroxyl groups is 1. The number of hydrogen-bond acceptors (Lipinski definition) is 4. The molecule has 2 atom stereocenters. The molecular formula is C15H21NO3. The predicted octanol–water partition coefficient (Wildman–Crippen LogP) is 1.44. The topological polar surface area (TPSA) is 58.6 Å². The van der Waals surface area contributed by atoms with Gasteiger partial charge in [0.05, 0.1) is 13.2 Å². The molecule has 19 heavy (non-hydrogen) atoms. The van der Waals surface area contributed by atoms with Crippen LogP contribution < -0.4 is 5.32 Å². The third-order valence-electron chi connectivity index (χ3n) is 3.76. The Kier molecular flexibility index (Phi) is 4.56. The molecule has 0 spiro atoms. The van der Waals surface area contributed by atoms with Crippen molar-refractivity contribution in [1.29, 1.82) is 0 Å². The average Bonchev–Trinajstić information content (AvgIpc) is 2.37. The number of methoxy groups -OCH3 is 1. The van der Waals surface area contributed by atoms with Crippen molar-refractivity contribution < 1.29 is 14.6 Å². The molecule has 0 radical (unpaired) electrons. The van der Waals surface area contributed by atoms with Crippen LogP contribution >= 0.6 is 0 Å². The van der Waals surface area contributed by atoms with E-state index in [0.29, 0.717) is 5.92 Å². The fraction of sp³-hybridized carbons (Fsp3) is 0.533. The van der Waals surface area contributed by atoms with Crippen molar-refractivity contribution in [2.45, 2.75) is 43.9 Å². The predicted molar refractivity (Wildman–Crippen MR) is 72.8 cm³/mol. The van der Waals surface area contributed by atoms with Gasteiger partial charge >= 0.3 is 5.97 Å². The third-order valence-corrected chi connectivity index (χ3v) is 3.76. The summed E-state index contributed by atoms with van der Waals surface area (Å²) in [6.07, 6.45) is 1.23. The van der Waals surface area contributed by atoms with Gasteiger partial charge in [-0.1, -0.05) is 30.3 Å². The minimum atomic E-state index is -0.747. The van der Waals surface area contributed by atoms with Gasteiger partial charge in [-0.2, -0.15) is 0 Å². The number of carbonyl (C=O) groups excluding carboxylic acids is 1. The summed E-state index contributed by atoms with van der Waals surface area (Å²) >= 11 is 0. The van der Waals surface area contributed by atoms with Crippen molar-refractivity contribution in [3.05, 3.63) is 35.9 Å². The zero-order valence-corrected chi connectivity index (χ0v) is 11.4. The number of rotatable bonds is 5. The lowest BCUT2D eigenvalue weighted by Crippen LogP contribution is -2.53. The van der Waals surface area contributed by atoms with Crippen LogP contribution in [0.1, 0.15) is 31.2 Å². The minimum absolute atomic E-state index is 0.268. The van der Waals surface area contributed by atoms with Crippen LogP contribution in [0.25, 0.3) is 0 Å². The number of ether oxygens (including phenoxy) is 1. The summed E-state index contributed by atoms with van der Waals surface area (Å²) in [4.78, 5) is 11.5. The largest absolute Gasteiger partial charge is 0.468 e. The van der Waals surface area contributed by atoms with E-state index in [1.807, 2.05) is 18.2 Å². The Hall–Kier alpha value is -1.39. The number of carbonyl (C=O) groups is 1. The van der Waals surface area contributed by atoms with Gasteiger partial charge in [0, 0.05) is 6.04 Å². The lowest BCUT2D eigenvalue weighted by molar-refractivity contribution is -0.146. The molecule has 0 aromatic heterocycles. The van der Waals surface area contributed by atoms with E-state index in [-0.39, 0.29) is 6.04 Å². The minimum Gasteiger partial charge on any atom is -0.468 e. The van der Waals surface area contributed by atoms with Gasteiger partial charge in [0.15, 0.2) is 0 Å². The Morgan fingerprint density at radius 3 is 2.53 bits per heavy atom. The van der Waals surface area contributed by atoms with E-state index in [9.17, 15) is 9.90 Å². The molecule has 0 aliphatic heterocycles. The zero-order valence-electron chi connectivity index (χ0n) is 11.4. The SMILES string of the molecule is COC(=O)[C@H](NC1CC(c2ccccc2)C1)[C@@H](C)O. The van der Waals surface area contributed by atoms with Gasteiger partial charge in [0.2, 0.25) is 0 Å². The van der Waals surface area contributed by atoms with Crippen LogP contribution in [0, 0.1) is 0 Å². The molecule has 0 bridgehead atoms. The lowest BCUT2D eigenvalue weighted by Gasteiger charge is -2.38. The summed E-state index contributed by atoms with van der Waals surface area (Å²) in [5.41, 5.74) is 1.34. The molecule has 0 heterocycles. The van der Waals surface area contributed by atoms with Gasteiger partial charge in [-0.3, -0.25) is 10.1 Å². The first-order valence-corrected chi connectivity index (χ1v) is 6.68. The number of aliphatic hydroxyl groups excluding tert-OH is 1. The van der Waals surface area contributed by atoms with Crippen LogP contribution in [0.3, 0.4) is 0 Å². The number of esters is 1. The van der Waals surface area contributed by atoms with Crippen LogP contribution in [0.2, 0.25) is 0 Å². The Bertz CT molecular complexity index is 413. The van der Waals surface area contributed by atoms with Crippen molar-refractivity contribution in [1.82, 2.24) is 5.32 Å². The molecule has 1 aromatic carbocycles. The molecule has 0 amide bonds. The molecule has 4 heteroatoms. The number of hydrogen-bond donors (Lipinski definition) is 2. The highest BCUT2D eigenvalue weighted by Gasteiger charge is 2.35. The van der Waals surface area contributed by atoms with E-state index in [4.69, 9.17) is 4.74 Å². The van der Waals surface area contributed by atoms with Gasteiger partial charge in [-0.05, 0) is 31.2 Å². The highest BCUT2D eigenvalue weighted by molar-refractivity contribution is 5.76. The zero-order chi connectivity index (χ0) is 13.8. The fourth-order valence-electron chi connectivity index (χ4n) is 2.54. The molecule has 0 unspecified atom stereocenters. The van der Waals surface area contributed by atoms with Crippen molar-refractivity contribution >= 4 is 5.97 Å². The number of nitrogens with one attached hydrogen (secondary N) is 1. The molecule has 104 valence electrons. The van der Waals surface area contributed by atoms with Crippen molar-refractivity contribution in [2.75, 3.05) is 7.11 Å². The first-order valence-electron chi connectivity index (χ1n) is 6.68. The van der Waals surface area contributed by atoms with Gasteiger partial charge < -0.3 is 9.84 Å². The van der Waals surface area contributed by atoms with Crippen LogP contribution in [0.5, 0.6) is 0 Å². The van der Waals surface area contributed by atoms with Crippen LogP contribution in [0.15, 0.2) is 30.3 Å². The van der Waals surface area contributed by atoms with Gasteiger partial charge in [0.25, 0.3) is 0 Å². The average molecular weight is 263 g/mol. The maximum Gasteiger partial charge on any atom is 0.325 e. The molecule has 1 fully saturated rings. The molecule has 2 rings (SSSR count). The molecule has 1 aliphatic carbocycles. The Labute approximate surface area is 113 Å². The van der Waals surface area contributed by atoms with Crippen molar-refractivity contribution in [3.8, 4) is 0 Å². The smallest absolute Gasteiger partial charge is 0.325 e. The fourth-order valence-corrected chi connectivity index (χ4v) is 2.54. The molecule has 2 N–H and O–H groups in total. The van der Waals surface area contributed by atoms with Gasteiger partial charge in [-0.25, -0.2) is 0 Å². The molecule has 4 nitrogen and oxygen atoms in total. The second-order valence-corrected chi connectivity index (χ2v) is 5.18. The summed E-state index contributed by atoms with van der Waals surface area (Å²) in [6.45, 7) is 1.60. The van der Waals surface area contributed by atoms with E-state index in [2.05, 4.69) is 17.4 Å². The van der Waals surface area contributed by atoms with Crippen LogP contribution in [-0.4, -0.2) is 36.4 Å². The van der Waals surface area contributed by atoms with E-state index < -0.39 is 18.1 Å².